The summed E-state index contributed by atoms with van der Waals surface area (Å²) in [6, 6.07) is 0. The molecule has 15 heavy (non-hydrogen) atoms. The van der Waals surface area contributed by atoms with Crippen LogP contribution >= 0.6 is 0 Å². The van der Waals surface area contributed by atoms with E-state index in [1.54, 1.807) is 0 Å². The molecule has 0 amide bonds. The Hall–Kier alpha value is -0.480. The van der Waals surface area contributed by atoms with E-state index in [9.17, 15) is 0 Å². The fourth-order valence-corrected chi connectivity index (χ4v) is 0. The van der Waals surface area contributed by atoms with Gasteiger partial charge in [0.2, 0.25) is 0 Å². The molecule has 0 bridgehead atoms. The zero-order valence-electron chi connectivity index (χ0n) is 8.11. The molecule has 0 aliphatic rings. The maximum absolute atomic E-state index is 9.04. The van der Waals surface area contributed by atoms with E-state index in [2.05, 4.69) is 0 Å². The largest absolute Gasteiger partial charge is 1.00 e. The molecule has 9 N–H and O–H groups in total. The van der Waals surface area contributed by atoms with Crippen LogP contribution in [0.2, 0.25) is 0 Å². The minimum absolute atomic E-state index is 0. The van der Waals surface area contributed by atoms with Gasteiger partial charge in [0.05, 0.1) is 0 Å². The SMILES string of the molecule is NCCN.NCCN.O=C([O-])C(=O)O.[Ag+]. The first-order valence-corrected chi connectivity index (χ1v) is 3.72. The second kappa shape index (κ2) is 23.4. The molecule has 0 saturated carbocycles. The fraction of sp³-hybridized carbons (Fsp3) is 0.667. The minimum atomic E-state index is -2.07. The third kappa shape index (κ3) is 58.9. The first-order chi connectivity index (χ1) is 6.47. The predicted molar refractivity (Wildman–Crippen MR) is 48.9 cm³/mol. The van der Waals surface area contributed by atoms with Crippen molar-refractivity contribution in [3.05, 3.63) is 0 Å². The Morgan fingerprint density at radius 3 is 1.07 bits per heavy atom. The van der Waals surface area contributed by atoms with Crippen LogP contribution < -0.4 is 28.0 Å². The van der Waals surface area contributed by atoms with Gasteiger partial charge in [0, 0.05) is 26.2 Å². The summed E-state index contributed by atoms with van der Waals surface area (Å²) in [6.07, 6.45) is 0. The number of nitrogens with two attached hydrogens (primary N) is 4. The average molecular weight is 317 g/mol. The van der Waals surface area contributed by atoms with Crippen molar-refractivity contribution < 1.29 is 42.2 Å². The summed E-state index contributed by atoms with van der Waals surface area (Å²) in [5.74, 6) is -4.01. The number of carbonyl (C=O) groups is 2. The van der Waals surface area contributed by atoms with E-state index in [4.69, 9.17) is 42.7 Å². The van der Waals surface area contributed by atoms with Crippen LogP contribution in [0.3, 0.4) is 0 Å². The number of rotatable bonds is 2. The van der Waals surface area contributed by atoms with Crippen LogP contribution in [-0.2, 0) is 32.0 Å². The Bertz CT molecular complexity index is 127. The third-order valence-corrected chi connectivity index (χ3v) is 0.508. The molecule has 0 aromatic rings. The van der Waals surface area contributed by atoms with E-state index in [1.807, 2.05) is 0 Å². The topological polar surface area (TPSA) is 182 Å². The number of carboxylic acid groups (broad SMARTS) is 2. The molecule has 0 radical (unpaired) electrons. The van der Waals surface area contributed by atoms with Gasteiger partial charge in [-0.05, 0) is 0 Å². The molecular formula is C6H17AgN4O4. The quantitative estimate of drug-likeness (QED) is 0.250. The molecule has 0 atom stereocenters. The Morgan fingerprint density at radius 2 is 1.07 bits per heavy atom. The normalized spacial score (nSPS) is 6.93. The van der Waals surface area contributed by atoms with E-state index >= 15 is 0 Å². The number of carbonyl (C=O) groups excluding carboxylic acids is 1. The Kier molecular flexibility index (Phi) is 37.4. The van der Waals surface area contributed by atoms with Gasteiger partial charge in [-0.25, -0.2) is 4.79 Å². The van der Waals surface area contributed by atoms with Gasteiger partial charge in [0.25, 0.3) is 0 Å². The van der Waals surface area contributed by atoms with Crippen molar-refractivity contribution in [1.29, 1.82) is 0 Å². The molecule has 0 rings (SSSR count). The zero-order valence-corrected chi connectivity index (χ0v) is 9.59. The molecular weight excluding hydrogens is 300 g/mol. The van der Waals surface area contributed by atoms with Crippen molar-refractivity contribution in [2.45, 2.75) is 0 Å². The summed E-state index contributed by atoms with van der Waals surface area (Å²) >= 11 is 0. The van der Waals surface area contributed by atoms with E-state index in [0.717, 1.165) is 0 Å². The van der Waals surface area contributed by atoms with Gasteiger partial charge in [0.15, 0.2) is 5.97 Å². The van der Waals surface area contributed by atoms with Crippen molar-refractivity contribution in [3.63, 3.8) is 0 Å². The number of carboxylic acids is 2. The Balaban J connectivity index is -0.0000000606. The van der Waals surface area contributed by atoms with Crippen molar-refractivity contribution in [2.75, 3.05) is 26.2 Å². The molecule has 96 valence electrons. The molecule has 0 aromatic carbocycles. The number of hydrogen-bond acceptors (Lipinski definition) is 7. The van der Waals surface area contributed by atoms with Gasteiger partial charge in [-0.15, -0.1) is 0 Å². The van der Waals surface area contributed by atoms with Crippen LogP contribution in [0.5, 0.6) is 0 Å². The number of hydrogen-bond donors (Lipinski definition) is 5. The molecule has 0 spiro atoms. The molecule has 0 aromatic heterocycles. The van der Waals surface area contributed by atoms with Gasteiger partial charge < -0.3 is 37.9 Å². The smallest absolute Gasteiger partial charge is 0.539 e. The Morgan fingerprint density at radius 1 is 0.933 bits per heavy atom. The molecule has 9 heteroatoms. The van der Waals surface area contributed by atoms with Crippen LogP contribution in [-0.4, -0.2) is 43.2 Å². The summed E-state index contributed by atoms with van der Waals surface area (Å²) in [5, 5.41) is 16.3. The van der Waals surface area contributed by atoms with Crippen LogP contribution in [0.4, 0.5) is 0 Å². The van der Waals surface area contributed by atoms with E-state index < -0.39 is 11.9 Å². The first kappa shape index (κ1) is 24.0. The average Bonchev–Trinajstić information content (AvgIpc) is 2.18. The molecule has 0 aliphatic heterocycles. The molecule has 0 heterocycles. The van der Waals surface area contributed by atoms with Crippen molar-refractivity contribution in [1.82, 2.24) is 0 Å². The van der Waals surface area contributed by atoms with Gasteiger partial charge in [0.1, 0.15) is 0 Å². The van der Waals surface area contributed by atoms with Crippen LogP contribution in [0, 0.1) is 0 Å². The second-order valence-corrected chi connectivity index (χ2v) is 1.75. The minimum Gasteiger partial charge on any atom is -0.539 e. The Labute approximate surface area is 103 Å². The summed E-state index contributed by atoms with van der Waals surface area (Å²) in [5.41, 5.74) is 19.6. The molecule has 0 saturated heterocycles. The molecule has 0 aliphatic carbocycles. The molecule has 0 fully saturated rings. The maximum Gasteiger partial charge on any atom is 1.00 e. The van der Waals surface area contributed by atoms with E-state index in [1.165, 1.54) is 0 Å². The summed E-state index contributed by atoms with van der Waals surface area (Å²) in [6.45, 7) is 2.39. The van der Waals surface area contributed by atoms with E-state index in [-0.39, 0.29) is 22.4 Å². The maximum atomic E-state index is 9.04. The molecule has 0 unspecified atom stereocenters. The predicted octanol–water partition coefficient (Wildman–Crippen LogP) is -4.37. The summed E-state index contributed by atoms with van der Waals surface area (Å²) in [7, 11) is 0. The van der Waals surface area contributed by atoms with Crippen molar-refractivity contribution in [2.24, 2.45) is 22.9 Å². The van der Waals surface area contributed by atoms with Crippen LogP contribution in [0.25, 0.3) is 0 Å². The van der Waals surface area contributed by atoms with Gasteiger partial charge in [-0.2, -0.15) is 0 Å². The van der Waals surface area contributed by atoms with Gasteiger partial charge in [-0.3, -0.25) is 0 Å². The fourth-order valence-electron chi connectivity index (χ4n) is 0. The molecule has 8 nitrogen and oxygen atoms in total. The number of aliphatic carboxylic acids is 2. The first-order valence-electron chi connectivity index (χ1n) is 3.72. The zero-order chi connectivity index (χ0) is 12.0. The van der Waals surface area contributed by atoms with Crippen molar-refractivity contribution in [3.8, 4) is 0 Å². The van der Waals surface area contributed by atoms with Gasteiger partial charge >= 0.3 is 28.3 Å². The third-order valence-electron chi connectivity index (χ3n) is 0.508. The van der Waals surface area contributed by atoms with E-state index in [0.29, 0.717) is 26.2 Å². The second-order valence-electron chi connectivity index (χ2n) is 1.75. The summed E-state index contributed by atoms with van der Waals surface area (Å²) in [4.78, 5) is 18.0. The van der Waals surface area contributed by atoms with Crippen LogP contribution in [0.15, 0.2) is 0 Å². The monoisotopic (exact) mass is 316 g/mol. The summed E-state index contributed by atoms with van der Waals surface area (Å²) < 4.78 is 0. The van der Waals surface area contributed by atoms with Gasteiger partial charge in [-0.1, -0.05) is 0 Å². The standard InChI is InChI=1S/2C2H8N2.C2H2O4.Ag/c2*3-1-2-4;3-1(4)2(5)6;/h2*1-4H2;(H,3,4)(H,5,6);/q;;;+1/p-1. The van der Waals surface area contributed by atoms with Crippen LogP contribution in [0.1, 0.15) is 0 Å². The van der Waals surface area contributed by atoms with Crippen molar-refractivity contribution >= 4 is 11.9 Å².